The molecule has 0 spiro atoms. The summed E-state index contributed by atoms with van der Waals surface area (Å²) in [6.07, 6.45) is 0.764. The highest BCUT2D eigenvalue weighted by molar-refractivity contribution is 6.40. The first kappa shape index (κ1) is 20.6. The van der Waals surface area contributed by atoms with Gasteiger partial charge in [-0.15, -0.1) is 0 Å². The molecule has 1 unspecified atom stereocenters. The molecule has 4 nitrogen and oxygen atoms in total. The van der Waals surface area contributed by atoms with Gasteiger partial charge in [-0.05, 0) is 36.2 Å². The van der Waals surface area contributed by atoms with Crippen LogP contribution in [0.1, 0.15) is 41.3 Å². The first-order valence-corrected chi connectivity index (χ1v) is 9.83. The molecular weight excluding hydrogens is 421 g/mol. The maximum atomic E-state index is 12.5. The highest BCUT2D eigenvalue weighted by Crippen LogP contribution is 2.36. The van der Waals surface area contributed by atoms with Crippen LogP contribution in [0.25, 0.3) is 0 Å². The van der Waals surface area contributed by atoms with Gasteiger partial charge in [0.2, 0.25) is 0 Å². The highest BCUT2D eigenvalue weighted by atomic mass is 35.5. The number of halogens is 3. The molecule has 0 aliphatic carbocycles. The first-order chi connectivity index (χ1) is 13.5. The van der Waals surface area contributed by atoms with Crippen LogP contribution in [-0.2, 0) is 6.61 Å². The molecule has 0 fully saturated rings. The zero-order chi connectivity index (χ0) is 20.1. The van der Waals surface area contributed by atoms with Gasteiger partial charge in [0.1, 0.15) is 12.4 Å². The minimum atomic E-state index is -0.287. The van der Waals surface area contributed by atoms with Crippen LogP contribution in [0, 0.1) is 0 Å². The molecule has 2 aromatic carbocycles. The van der Waals surface area contributed by atoms with Gasteiger partial charge in [-0.3, -0.25) is 4.79 Å². The Balaban J connectivity index is 1.64. The summed E-state index contributed by atoms with van der Waals surface area (Å²) in [5.41, 5.74) is 1.04. The Bertz CT molecular complexity index is 934. The van der Waals surface area contributed by atoms with Gasteiger partial charge in [0.05, 0.1) is 16.1 Å². The van der Waals surface area contributed by atoms with Crippen LogP contribution in [0.2, 0.25) is 15.1 Å². The fraction of sp³-hybridized carbons (Fsp3) is 0.190. The fourth-order valence-corrected chi connectivity index (χ4v) is 3.65. The molecule has 1 aromatic heterocycles. The fourth-order valence-electron chi connectivity index (χ4n) is 2.72. The second-order valence-electron chi connectivity index (χ2n) is 6.10. The zero-order valence-corrected chi connectivity index (χ0v) is 17.3. The van der Waals surface area contributed by atoms with E-state index in [4.69, 9.17) is 44.0 Å². The van der Waals surface area contributed by atoms with Crippen molar-refractivity contribution in [3.8, 4) is 5.75 Å². The monoisotopic (exact) mass is 437 g/mol. The van der Waals surface area contributed by atoms with Gasteiger partial charge in [0.15, 0.2) is 11.5 Å². The summed E-state index contributed by atoms with van der Waals surface area (Å²) in [6.45, 7) is 2.09. The number of nitrogens with one attached hydrogen (secondary N) is 1. The molecular formula is C21H18Cl3NO3. The van der Waals surface area contributed by atoms with Crippen LogP contribution >= 0.6 is 34.8 Å². The topological polar surface area (TPSA) is 51.5 Å². The van der Waals surface area contributed by atoms with Gasteiger partial charge in [-0.1, -0.05) is 72.1 Å². The van der Waals surface area contributed by atoms with Crippen molar-refractivity contribution in [2.45, 2.75) is 26.0 Å². The Morgan fingerprint density at radius 3 is 2.39 bits per heavy atom. The summed E-state index contributed by atoms with van der Waals surface area (Å²) in [5, 5.41) is 4.00. The summed E-state index contributed by atoms with van der Waals surface area (Å²) in [7, 11) is 0. The molecule has 1 heterocycles. The van der Waals surface area contributed by atoms with E-state index in [2.05, 4.69) is 5.32 Å². The molecule has 0 saturated heterocycles. The SMILES string of the molecule is CCC(NC(=O)c1ccc(COc2c(Cl)cc(Cl)cc2Cl)o1)c1ccccc1. The molecule has 28 heavy (non-hydrogen) atoms. The third-order valence-electron chi connectivity index (χ3n) is 4.12. The Kier molecular flexibility index (Phi) is 6.89. The van der Waals surface area contributed by atoms with Crippen molar-refractivity contribution in [3.63, 3.8) is 0 Å². The Labute approximate surface area is 178 Å². The summed E-state index contributed by atoms with van der Waals surface area (Å²) < 4.78 is 11.2. The van der Waals surface area contributed by atoms with Gasteiger partial charge >= 0.3 is 0 Å². The minimum absolute atomic E-state index is 0.0737. The average Bonchev–Trinajstić information content (AvgIpc) is 3.15. The molecule has 0 saturated carbocycles. The number of carbonyl (C=O) groups excluding carboxylic acids is 1. The molecule has 7 heteroatoms. The van der Waals surface area contributed by atoms with Crippen LogP contribution in [0.5, 0.6) is 5.75 Å². The van der Waals surface area contributed by atoms with E-state index in [0.29, 0.717) is 26.6 Å². The maximum absolute atomic E-state index is 12.5. The number of rotatable bonds is 7. The van der Waals surface area contributed by atoms with Crippen LogP contribution in [0.4, 0.5) is 0 Å². The van der Waals surface area contributed by atoms with E-state index in [0.717, 1.165) is 12.0 Å². The van der Waals surface area contributed by atoms with Gasteiger partial charge in [-0.25, -0.2) is 0 Å². The van der Waals surface area contributed by atoms with E-state index in [1.165, 1.54) is 0 Å². The number of hydrogen-bond donors (Lipinski definition) is 1. The van der Waals surface area contributed by atoms with Crippen molar-refractivity contribution in [2.24, 2.45) is 0 Å². The predicted molar refractivity (Wildman–Crippen MR) is 111 cm³/mol. The van der Waals surface area contributed by atoms with Crippen molar-refractivity contribution in [2.75, 3.05) is 0 Å². The predicted octanol–water partition coefficient (Wildman–Crippen LogP) is 6.70. The number of furan rings is 1. The maximum Gasteiger partial charge on any atom is 0.287 e. The van der Waals surface area contributed by atoms with E-state index >= 15 is 0 Å². The number of hydrogen-bond acceptors (Lipinski definition) is 3. The van der Waals surface area contributed by atoms with E-state index in [-0.39, 0.29) is 24.3 Å². The van der Waals surface area contributed by atoms with Gasteiger partial charge < -0.3 is 14.5 Å². The molecule has 1 N–H and O–H groups in total. The van der Waals surface area contributed by atoms with Crippen molar-refractivity contribution in [1.29, 1.82) is 0 Å². The number of ether oxygens (including phenoxy) is 1. The molecule has 3 rings (SSSR count). The Hall–Kier alpha value is -2.14. The second-order valence-corrected chi connectivity index (χ2v) is 7.35. The first-order valence-electron chi connectivity index (χ1n) is 8.69. The lowest BCUT2D eigenvalue weighted by Crippen LogP contribution is -2.27. The summed E-state index contributed by atoms with van der Waals surface area (Å²) in [4.78, 5) is 12.5. The summed E-state index contributed by atoms with van der Waals surface area (Å²) in [6, 6.07) is 16.1. The van der Waals surface area contributed by atoms with Crippen molar-refractivity contribution in [1.82, 2.24) is 5.32 Å². The molecule has 0 bridgehead atoms. The average molecular weight is 439 g/mol. The highest BCUT2D eigenvalue weighted by Gasteiger charge is 2.17. The van der Waals surface area contributed by atoms with Crippen molar-refractivity contribution < 1.29 is 13.9 Å². The van der Waals surface area contributed by atoms with Crippen LogP contribution < -0.4 is 10.1 Å². The molecule has 146 valence electrons. The minimum Gasteiger partial charge on any atom is -0.483 e. The van der Waals surface area contributed by atoms with Crippen LogP contribution in [0.15, 0.2) is 59.0 Å². The molecule has 0 aliphatic rings. The lowest BCUT2D eigenvalue weighted by Gasteiger charge is -2.16. The summed E-state index contributed by atoms with van der Waals surface area (Å²) >= 11 is 18.1. The quantitative estimate of drug-likeness (QED) is 0.446. The van der Waals surface area contributed by atoms with Crippen molar-refractivity contribution in [3.05, 3.63) is 86.7 Å². The van der Waals surface area contributed by atoms with Crippen LogP contribution in [-0.4, -0.2) is 5.91 Å². The van der Waals surface area contributed by atoms with E-state index in [1.807, 2.05) is 37.3 Å². The molecule has 3 aromatic rings. The van der Waals surface area contributed by atoms with E-state index in [9.17, 15) is 4.79 Å². The third-order valence-corrected chi connectivity index (χ3v) is 4.90. The number of benzene rings is 2. The second kappa shape index (κ2) is 9.37. The molecule has 1 atom stereocenters. The Morgan fingerprint density at radius 2 is 1.75 bits per heavy atom. The van der Waals surface area contributed by atoms with Gasteiger partial charge in [0, 0.05) is 5.02 Å². The lowest BCUT2D eigenvalue weighted by atomic mass is 10.0. The zero-order valence-electron chi connectivity index (χ0n) is 15.0. The largest absolute Gasteiger partial charge is 0.483 e. The summed E-state index contributed by atoms with van der Waals surface area (Å²) in [5.74, 6) is 0.705. The lowest BCUT2D eigenvalue weighted by molar-refractivity contribution is 0.0903. The third kappa shape index (κ3) is 5.02. The standard InChI is InChI=1S/C21H18Cl3NO3/c1-2-18(13-6-4-3-5-7-13)25-21(26)19-9-8-15(28-19)12-27-20-16(23)10-14(22)11-17(20)24/h3-11,18H,2,12H2,1H3,(H,25,26). The van der Waals surface area contributed by atoms with E-state index < -0.39 is 0 Å². The van der Waals surface area contributed by atoms with Crippen LogP contribution in [0.3, 0.4) is 0 Å². The Morgan fingerprint density at radius 1 is 1.07 bits per heavy atom. The smallest absolute Gasteiger partial charge is 0.287 e. The molecule has 0 aliphatic heterocycles. The van der Waals surface area contributed by atoms with Gasteiger partial charge in [0.25, 0.3) is 5.91 Å². The number of carbonyl (C=O) groups is 1. The molecule has 0 radical (unpaired) electrons. The molecule has 1 amide bonds. The normalized spacial score (nSPS) is 11.9. The van der Waals surface area contributed by atoms with Gasteiger partial charge in [-0.2, -0.15) is 0 Å². The van der Waals surface area contributed by atoms with E-state index in [1.54, 1.807) is 24.3 Å². The number of amides is 1. The van der Waals surface area contributed by atoms with Crippen molar-refractivity contribution >= 4 is 40.7 Å².